The van der Waals surface area contributed by atoms with Crippen molar-refractivity contribution >= 4 is 5.97 Å². The monoisotopic (exact) mass is 275 g/mol. The molecule has 0 saturated heterocycles. The second kappa shape index (κ2) is 7.13. The second-order valence-corrected chi connectivity index (χ2v) is 4.04. The Morgan fingerprint density at radius 3 is 2.47 bits per heavy atom. The van der Waals surface area contributed by atoms with Crippen LogP contribution in [0.2, 0.25) is 0 Å². The molecule has 19 heavy (non-hydrogen) atoms. The molecule has 1 unspecified atom stereocenters. The first-order valence-corrected chi connectivity index (χ1v) is 5.87. The highest BCUT2D eigenvalue weighted by Gasteiger charge is 2.27. The highest BCUT2D eigenvalue weighted by Crippen LogP contribution is 2.21. The normalized spacial score (nSPS) is 13.1. The fraction of sp³-hybridized carbons (Fsp3) is 0.462. The molecular weight excluding hydrogens is 259 g/mol. The number of carbonyl (C=O) groups excluding carboxylic acids is 1. The van der Waals surface area contributed by atoms with Crippen molar-refractivity contribution < 1.29 is 22.7 Å². The zero-order valence-electron chi connectivity index (χ0n) is 10.5. The number of halogens is 3. The van der Waals surface area contributed by atoms with Gasteiger partial charge in [-0.3, -0.25) is 0 Å². The third-order valence-electron chi connectivity index (χ3n) is 2.56. The van der Waals surface area contributed by atoms with Crippen LogP contribution in [-0.2, 0) is 9.53 Å². The predicted octanol–water partition coefficient (Wildman–Crippen LogP) is 2.83. The fourth-order valence-corrected chi connectivity index (χ4v) is 1.64. The Morgan fingerprint density at radius 2 is 1.95 bits per heavy atom. The molecule has 0 aliphatic rings. The van der Waals surface area contributed by atoms with E-state index in [-0.39, 0.29) is 13.0 Å². The minimum absolute atomic E-state index is 0.0795. The lowest BCUT2D eigenvalue weighted by Crippen LogP contribution is -2.30. The van der Waals surface area contributed by atoms with Crippen LogP contribution in [0.4, 0.5) is 13.2 Å². The Bertz CT molecular complexity index is 393. The summed E-state index contributed by atoms with van der Waals surface area (Å²) in [5.41, 5.74) is 0.668. The number of rotatable bonds is 6. The maximum Gasteiger partial charge on any atom is 0.389 e. The van der Waals surface area contributed by atoms with Crippen LogP contribution >= 0.6 is 0 Å². The number of esters is 1. The van der Waals surface area contributed by atoms with Gasteiger partial charge in [0.1, 0.15) is 6.04 Å². The van der Waals surface area contributed by atoms with Crippen molar-refractivity contribution in [2.75, 3.05) is 13.7 Å². The summed E-state index contributed by atoms with van der Waals surface area (Å²) >= 11 is 0. The van der Waals surface area contributed by atoms with Crippen LogP contribution in [0, 0.1) is 0 Å². The summed E-state index contributed by atoms with van der Waals surface area (Å²) in [6, 6.07) is 8.00. The number of ether oxygens (including phenoxy) is 1. The van der Waals surface area contributed by atoms with Crippen molar-refractivity contribution in [3.8, 4) is 0 Å². The standard InChI is InChI=1S/C13H16F3NO2/c1-19-12(18)11(10-6-3-2-4-7-10)17-9-5-8-13(14,15)16/h2-4,6-7,11,17H,5,8-9H2,1H3. The number of hydrogen-bond donors (Lipinski definition) is 1. The zero-order chi connectivity index (χ0) is 14.3. The van der Waals surface area contributed by atoms with Crippen molar-refractivity contribution in [3.63, 3.8) is 0 Å². The Kier molecular flexibility index (Phi) is 5.82. The molecule has 0 bridgehead atoms. The first-order chi connectivity index (χ1) is 8.94. The van der Waals surface area contributed by atoms with Gasteiger partial charge in [-0.1, -0.05) is 30.3 Å². The molecule has 0 aromatic heterocycles. The number of hydrogen-bond acceptors (Lipinski definition) is 3. The zero-order valence-corrected chi connectivity index (χ0v) is 10.5. The van der Waals surface area contributed by atoms with Gasteiger partial charge in [0.15, 0.2) is 0 Å². The summed E-state index contributed by atoms with van der Waals surface area (Å²) < 4.78 is 40.7. The largest absolute Gasteiger partial charge is 0.468 e. The van der Waals surface area contributed by atoms with Crippen LogP contribution < -0.4 is 5.32 Å². The number of methoxy groups -OCH3 is 1. The van der Waals surface area contributed by atoms with Crippen molar-refractivity contribution in [2.24, 2.45) is 0 Å². The molecule has 1 aromatic rings. The lowest BCUT2D eigenvalue weighted by atomic mass is 10.1. The molecule has 0 amide bonds. The minimum atomic E-state index is -4.17. The van der Waals surface area contributed by atoms with Crippen LogP contribution in [0.25, 0.3) is 0 Å². The molecule has 0 aliphatic carbocycles. The fourth-order valence-electron chi connectivity index (χ4n) is 1.64. The molecule has 6 heteroatoms. The Balaban J connectivity index is 2.55. The van der Waals surface area contributed by atoms with E-state index < -0.39 is 24.6 Å². The number of nitrogens with one attached hydrogen (secondary N) is 1. The van der Waals surface area contributed by atoms with E-state index in [4.69, 9.17) is 0 Å². The molecule has 0 fully saturated rings. The molecular formula is C13H16F3NO2. The van der Waals surface area contributed by atoms with Crippen LogP contribution in [0.1, 0.15) is 24.4 Å². The lowest BCUT2D eigenvalue weighted by Gasteiger charge is -2.17. The van der Waals surface area contributed by atoms with Gasteiger partial charge in [-0.2, -0.15) is 13.2 Å². The van der Waals surface area contributed by atoms with Gasteiger partial charge in [-0.15, -0.1) is 0 Å². The summed E-state index contributed by atoms with van der Waals surface area (Å²) in [6.07, 6.45) is -5.12. The molecule has 0 heterocycles. The summed E-state index contributed by atoms with van der Waals surface area (Å²) in [5, 5.41) is 2.78. The SMILES string of the molecule is COC(=O)C(NCCCC(F)(F)F)c1ccccc1. The maximum atomic E-state index is 12.0. The van der Waals surface area contributed by atoms with Gasteiger partial charge < -0.3 is 10.1 Å². The highest BCUT2D eigenvalue weighted by molar-refractivity contribution is 5.77. The molecule has 0 saturated carbocycles. The van der Waals surface area contributed by atoms with Crippen LogP contribution in [0.5, 0.6) is 0 Å². The number of alkyl halides is 3. The van der Waals surface area contributed by atoms with Crippen LogP contribution in [0.15, 0.2) is 30.3 Å². The minimum Gasteiger partial charge on any atom is -0.468 e. The number of benzene rings is 1. The first-order valence-electron chi connectivity index (χ1n) is 5.87. The summed E-state index contributed by atoms with van der Waals surface area (Å²) in [7, 11) is 1.25. The molecule has 0 radical (unpaired) electrons. The Morgan fingerprint density at radius 1 is 1.32 bits per heavy atom. The third-order valence-corrected chi connectivity index (χ3v) is 2.56. The molecule has 1 atom stereocenters. The van der Waals surface area contributed by atoms with Gasteiger partial charge >= 0.3 is 12.1 Å². The summed E-state index contributed by atoms with van der Waals surface area (Å²) in [4.78, 5) is 11.6. The lowest BCUT2D eigenvalue weighted by molar-refractivity contribution is -0.143. The van der Waals surface area contributed by atoms with E-state index in [9.17, 15) is 18.0 Å². The summed E-state index contributed by atoms with van der Waals surface area (Å²) in [6.45, 7) is 0.0914. The smallest absolute Gasteiger partial charge is 0.389 e. The van der Waals surface area contributed by atoms with Crippen molar-refractivity contribution in [1.82, 2.24) is 5.32 Å². The van der Waals surface area contributed by atoms with E-state index >= 15 is 0 Å². The van der Waals surface area contributed by atoms with E-state index in [1.54, 1.807) is 30.3 Å². The van der Waals surface area contributed by atoms with E-state index in [1.807, 2.05) is 0 Å². The van der Waals surface area contributed by atoms with Gasteiger partial charge in [-0.05, 0) is 18.5 Å². The quantitative estimate of drug-likeness (QED) is 0.641. The number of carbonyl (C=O) groups is 1. The first kappa shape index (κ1) is 15.5. The molecule has 3 nitrogen and oxygen atoms in total. The van der Waals surface area contributed by atoms with Crippen LogP contribution in [0.3, 0.4) is 0 Å². The van der Waals surface area contributed by atoms with Gasteiger partial charge in [0, 0.05) is 6.42 Å². The van der Waals surface area contributed by atoms with Crippen molar-refractivity contribution in [3.05, 3.63) is 35.9 Å². The molecule has 1 N–H and O–H groups in total. The van der Waals surface area contributed by atoms with E-state index in [2.05, 4.69) is 10.1 Å². The Labute approximate surface area is 109 Å². The second-order valence-electron chi connectivity index (χ2n) is 4.04. The van der Waals surface area contributed by atoms with E-state index in [0.29, 0.717) is 5.56 Å². The highest BCUT2D eigenvalue weighted by atomic mass is 19.4. The third kappa shape index (κ3) is 5.74. The topological polar surface area (TPSA) is 38.3 Å². The molecule has 0 spiro atoms. The van der Waals surface area contributed by atoms with Gasteiger partial charge in [0.25, 0.3) is 0 Å². The Hall–Kier alpha value is -1.56. The van der Waals surface area contributed by atoms with Gasteiger partial charge in [0.2, 0.25) is 0 Å². The van der Waals surface area contributed by atoms with Crippen molar-refractivity contribution in [2.45, 2.75) is 25.1 Å². The average molecular weight is 275 g/mol. The van der Waals surface area contributed by atoms with E-state index in [0.717, 1.165) is 0 Å². The van der Waals surface area contributed by atoms with Gasteiger partial charge in [-0.25, -0.2) is 4.79 Å². The maximum absolute atomic E-state index is 12.0. The molecule has 1 rings (SSSR count). The molecule has 106 valence electrons. The summed E-state index contributed by atoms with van der Waals surface area (Å²) in [5.74, 6) is -0.516. The average Bonchev–Trinajstić information content (AvgIpc) is 2.38. The van der Waals surface area contributed by atoms with E-state index in [1.165, 1.54) is 7.11 Å². The molecule has 1 aromatic carbocycles. The predicted molar refractivity (Wildman–Crippen MR) is 64.5 cm³/mol. The molecule has 0 aliphatic heterocycles. The van der Waals surface area contributed by atoms with Gasteiger partial charge in [0.05, 0.1) is 7.11 Å². The van der Waals surface area contributed by atoms with Crippen molar-refractivity contribution in [1.29, 1.82) is 0 Å². The van der Waals surface area contributed by atoms with Crippen LogP contribution in [-0.4, -0.2) is 25.8 Å².